The maximum absolute atomic E-state index is 12.3. The molecule has 8 heteroatoms. The lowest BCUT2D eigenvalue weighted by molar-refractivity contribution is -0.112. The zero-order valence-corrected chi connectivity index (χ0v) is 17.8. The Morgan fingerprint density at radius 1 is 1.12 bits per heavy atom. The summed E-state index contributed by atoms with van der Waals surface area (Å²) in [6.45, 7) is 2.68. The second kappa shape index (κ2) is 11.2. The highest BCUT2D eigenvalue weighted by molar-refractivity contribution is 6.09. The Bertz CT molecular complexity index is 1120. The normalized spacial score (nSPS) is 10.8. The molecule has 3 rings (SSSR count). The summed E-state index contributed by atoms with van der Waals surface area (Å²) in [6, 6.07) is 18.2. The summed E-state index contributed by atoms with van der Waals surface area (Å²) in [5.41, 5.74) is 0.532. The summed E-state index contributed by atoms with van der Waals surface area (Å²) in [5, 5.41) is 15.6. The minimum atomic E-state index is -0.585. The van der Waals surface area contributed by atoms with Gasteiger partial charge in [-0.05, 0) is 42.8 Å². The van der Waals surface area contributed by atoms with Gasteiger partial charge < -0.3 is 24.1 Å². The number of rotatable bonds is 10. The Hall–Kier alpha value is -4.25. The van der Waals surface area contributed by atoms with Crippen molar-refractivity contribution >= 4 is 17.8 Å². The van der Waals surface area contributed by atoms with Crippen LogP contribution in [0.25, 0.3) is 6.08 Å². The molecule has 32 heavy (non-hydrogen) atoms. The lowest BCUT2D eigenvalue weighted by Crippen LogP contribution is -2.13. The molecule has 1 N–H and O–H groups in total. The predicted molar refractivity (Wildman–Crippen MR) is 119 cm³/mol. The average Bonchev–Trinajstić information content (AvgIpc) is 3.22. The maximum atomic E-state index is 12.3. The summed E-state index contributed by atoms with van der Waals surface area (Å²) in [5.74, 6) is 2.08. The number of nitrogens with one attached hydrogen (secondary N) is 1. The topological polar surface area (TPSA) is 107 Å². The average molecular weight is 433 g/mol. The van der Waals surface area contributed by atoms with Gasteiger partial charge in [0.05, 0.1) is 20.3 Å². The van der Waals surface area contributed by atoms with E-state index in [4.69, 9.17) is 18.7 Å². The van der Waals surface area contributed by atoms with Gasteiger partial charge in [-0.25, -0.2) is 0 Å². The van der Waals surface area contributed by atoms with Crippen molar-refractivity contribution in [2.24, 2.45) is 0 Å². The molecule has 0 unspecified atom stereocenters. The van der Waals surface area contributed by atoms with Crippen molar-refractivity contribution < 1.29 is 23.5 Å². The van der Waals surface area contributed by atoms with Crippen LogP contribution in [0.3, 0.4) is 0 Å². The van der Waals surface area contributed by atoms with Crippen LogP contribution in [0.15, 0.2) is 64.7 Å². The number of ether oxygens (including phenoxy) is 3. The fourth-order valence-electron chi connectivity index (χ4n) is 2.77. The van der Waals surface area contributed by atoms with Gasteiger partial charge >= 0.3 is 0 Å². The molecule has 0 spiro atoms. The summed E-state index contributed by atoms with van der Waals surface area (Å²) in [6.07, 6.45) is 2.16. The number of para-hydroxylation sites is 1. The molecule has 1 aromatic heterocycles. The molecule has 0 atom stereocenters. The number of anilines is 1. The zero-order valence-electron chi connectivity index (χ0n) is 17.8. The lowest BCUT2D eigenvalue weighted by atomic mass is 10.1. The standard InChI is InChI=1S/C24H23N3O5/c1-17-13-23(27-32-17)26-24(28)19(16-25)14-18-9-10-21(22(15-18)29-2)31-12-6-11-30-20-7-4-3-5-8-20/h3-5,7-10,13-15H,6,11-12H2,1-2H3,(H,26,27,28)/b19-14-. The first kappa shape index (κ1) is 22.4. The molecule has 0 saturated heterocycles. The van der Waals surface area contributed by atoms with Crippen molar-refractivity contribution in [2.75, 3.05) is 25.6 Å². The molecule has 0 fully saturated rings. The minimum Gasteiger partial charge on any atom is -0.493 e. The van der Waals surface area contributed by atoms with E-state index < -0.39 is 5.91 Å². The number of benzene rings is 2. The van der Waals surface area contributed by atoms with E-state index in [1.165, 1.54) is 13.2 Å². The second-order valence-corrected chi connectivity index (χ2v) is 6.72. The fourth-order valence-corrected chi connectivity index (χ4v) is 2.77. The number of hydrogen-bond acceptors (Lipinski definition) is 7. The highest BCUT2D eigenvalue weighted by Gasteiger charge is 2.13. The third-order valence-corrected chi connectivity index (χ3v) is 4.29. The van der Waals surface area contributed by atoms with Crippen molar-refractivity contribution in [3.05, 3.63) is 71.5 Å². The largest absolute Gasteiger partial charge is 0.493 e. The molecule has 0 saturated carbocycles. The molecule has 8 nitrogen and oxygen atoms in total. The first-order valence-corrected chi connectivity index (χ1v) is 9.94. The quantitative estimate of drug-likeness (QED) is 0.287. The van der Waals surface area contributed by atoms with Crippen LogP contribution < -0.4 is 19.5 Å². The van der Waals surface area contributed by atoms with Crippen LogP contribution in [-0.4, -0.2) is 31.4 Å². The van der Waals surface area contributed by atoms with Gasteiger partial charge in [-0.2, -0.15) is 5.26 Å². The van der Waals surface area contributed by atoms with Gasteiger partial charge in [-0.15, -0.1) is 0 Å². The van der Waals surface area contributed by atoms with Gasteiger partial charge in [0.15, 0.2) is 17.3 Å². The highest BCUT2D eigenvalue weighted by Crippen LogP contribution is 2.29. The predicted octanol–water partition coefficient (Wildman–Crippen LogP) is 4.39. The van der Waals surface area contributed by atoms with Crippen molar-refractivity contribution in [2.45, 2.75) is 13.3 Å². The van der Waals surface area contributed by atoms with E-state index in [2.05, 4.69) is 10.5 Å². The third kappa shape index (κ3) is 6.37. The molecule has 1 heterocycles. The van der Waals surface area contributed by atoms with Gasteiger partial charge in [-0.3, -0.25) is 4.79 Å². The van der Waals surface area contributed by atoms with Gasteiger partial charge in [0.1, 0.15) is 23.2 Å². The molecule has 164 valence electrons. The number of amides is 1. The molecule has 3 aromatic rings. The maximum Gasteiger partial charge on any atom is 0.267 e. The molecule has 0 aliphatic carbocycles. The monoisotopic (exact) mass is 433 g/mol. The van der Waals surface area contributed by atoms with E-state index in [9.17, 15) is 10.1 Å². The van der Waals surface area contributed by atoms with Crippen LogP contribution in [0, 0.1) is 18.3 Å². The van der Waals surface area contributed by atoms with Crippen molar-refractivity contribution in [3.8, 4) is 23.3 Å². The van der Waals surface area contributed by atoms with Crippen LogP contribution >= 0.6 is 0 Å². The second-order valence-electron chi connectivity index (χ2n) is 6.72. The van der Waals surface area contributed by atoms with Crippen LogP contribution in [0.5, 0.6) is 17.2 Å². The van der Waals surface area contributed by atoms with E-state index in [1.807, 2.05) is 36.4 Å². The van der Waals surface area contributed by atoms with E-state index in [0.29, 0.717) is 42.5 Å². The highest BCUT2D eigenvalue weighted by atomic mass is 16.5. The molecule has 0 radical (unpaired) electrons. The van der Waals surface area contributed by atoms with Crippen molar-refractivity contribution in [1.29, 1.82) is 5.26 Å². The van der Waals surface area contributed by atoms with E-state index in [1.54, 1.807) is 31.2 Å². The Balaban J connectivity index is 1.58. The van der Waals surface area contributed by atoms with E-state index in [-0.39, 0.29) is 11.4 Å². The number of carbonyl (C=O) groups is 1. The molecule has 2 aromatic carbocycles. The smallest absolute Gasteiger partial charge is 0.267 e. The van der Waals surface area contributed by atoms with Gasteiger partial charge in [0, 0.05) is 12.5 Å². The summed E-state index contributed by atoms with van der Waals surface area (Å²) in [7, 11) is 1.53. The van der Waals surface area contributed by atoms with Crippen LogP contribution in [0.2, 0.25) is 0 Å². The SMILES string of the molecule is COc1cc(/C=C(/C#N)C(=O)Nc2cc(C)on2)ccc1OCCCOc1ccccc1. The number of methoxy groups -OCH3 is 1. The summed E-state index contributed by atoms with van der Waals surface area (Å²) >= 11 is 0. The number of aryl methyl sites for hydroxylation is 1. The van der Waals surface area contributed by atoms with Crippen LogP contribution in [-0.2, 0) is 4.79 Å². The van der Waals surface area contributed by atoms with Crippen molar-refractivity contribution in [3.63, 3.8) is 0 Å². The molecular weight excluding hydrogens is 410 g/mol. The van der Waals surface area contributed by atoms with Crippen LogP contribution in [0.4, 0.5) is 5.82 Å². The van der Waals surface area contributed by atoms with Gasteiger partial charge in [0.2, 0.25) is 0 Å². The molecule has 0 aliphatic rings. The molecule has 1 amide bonds. The van der Waals surface area contributed by atoms with Crippen LogP contribution in [0.1, 0.15) is 17.7 Å². The first-order valence-electron chi connectivity index (χ1n) is 9.94. The zero-order chi connectivity index (χ0) is 22.8. The Labute approximate surface area is 186 Å². The Morgan fingerprint density at radius 2 is 1.91 bits per heavy atom. The molecular formula is C24H23N3O5. The third-order valence-electron chi connectivity index (χ3n) is 4.29. The number of hydrogen-bond donors (Lipinski definition) is 1. The number of aromatic nitrogens is 1. The van der Waals surface area contributed by atoms with Gasteiger partial charge in [0.25, 0.3) is 5.91 Å². The lowest BCUT2D eigenvalue weighted by Gasteiger charge is -2.12. The van der Waals surface area contributed by atoms with Crippen molar-refractivity contribution in [1.82, 2.24) is 5.16 Å². The fraction of sp³-hybridized carbons (Fsp3) is 0.208. The molecule has 0 aliphatic heterocycles. The summed E-state index contributed by atoms with van der Waals surface area (Å²) < 4.78 is 21.7. The van der Waals surface area contributed by atoms with E-state index in [0.717, 1.165) is 5.75 Å². The Morgan fingerprint density at radius 3 is 2.59 bits per heavy atom. The number of nitriles is 1. The van der Waals surface area contributed by atoms with E-state index >= 15 is 0 Å². The van der Waals surface area contributed by atoms with Gasteiger partial charge in [-0.1, -0.05) is 29.4 Å². The summed E-state index contributed by atoms with van der Waals surface area (Å²) in [4.78, 5) is 12.3. The number of nitrogens with zero attached hydrogens (tertiary/aromatic N) is 2. The number of carbonyl (C=O) groups excluding carboxylic acids is 1. The minimum absolute atomic E-state index is 0.0839. The first-order chi connectivity index (χ1) is 15.6. The Kier molecular flexibility index (Phi) is 7.87. The molecule has 0 bridgehead atoms.